The van der Waals surface area contributed by atoms with Crippen LogP contribution in [0.4, 0.5) is 0 Å². The van der Waals surface area contributed by atoms with Gasteiger partial charge in [-0.15, -0.1) is 0 Å². The van der Waals surface area contributed by atoms with Gasteiger partial charge in [-0.05, 0) is 63.1 Å². The molecule has 1 aromatic heterocycles. The molecule has 0 fully saturated rings. The van der Waals surface area contributed by atoms with Gasteiger partial charge in [0.2, 0.25) is 5.91 Å². The molecule has 1 atom stereocenters. The van der Waals surface area contributed by atoms with Gasteiger partial charge < -0.3 is 10.6 Å². The van der Waals surface area contributed by atoms with E-state index in [2.05, 4.69) is 50.7 Å². The van der Waals surface area contributed by atoms with Crippen LogP contribution in [0.5, 0.6) is 0 Å². The maximum atomic E-state index is 13.0. The molecule has 3 rings (SSSR count). The monoisotopic (exact) mass is 460 g/mol. The van der Waals surface area contributed by atoms with Gasteiger partial charge in [-0.3, -0.25) is 14.3 Å². The second-order valence-electron chi connectivity index (χ2n) is 8.62. The molecular weight excluding hydrogens is 432 g/mol. The van der Waals surface area contributed by atoms with E-state index in [1.165, 1.54) is 18.1 Å². The van der Waals surface area contributed by atoms with E-state index in [4.69, 9.17) is 0 Å². The van der Waals surface area contributed by atoms with E-state index in [1.807, 2.05) is 24.6 Å². The number of benzene rings is 1. The summed E-state index contributed by atoms with van der Waals surface area (Å²) in [6, 6.07) is 6.28. The lowest BCUT2D eigenvalue weighted by Gasteiger charge is -2.28. The summed E-state index contributed by atoms with van der Waals surface area (Å²) >= 11 is 3.53. The molecule has 29 heavy (non-hydrogen) atoms. The van der Waals surface area contributed by atoms with Gasteiger partial charge in [-0.2, -0.15) is 5.10 Å². The van der Waals surface area contributed by atoms with Crippen molar-refractivity contribution in [1.82, 2.24) is 20.4 Å². The fourth-order valence-electron chi connectivity index (χ4n) is 3.90. The van der Waals surface area contributed by atoms with Gasteiger partial charge in [0.1, 0.15) is 0 Å². The van der Waals surface area contributed by atoms with Gasteiger partial charge in [0.25, 0.3) is 5.91 Å². The second-order valence-corrected chi connectivity index (χ2v) is 9.48. The Kier molecular flexibility index (Phi) is 6.46. The molecule has 0 radical (unpaired) electrons. The Labute approximate surface area is 180 Å². The number of halogens is 1. The lowest BCUT2D eigenvalue weighted by atomic mass is 9.92. The van der Waals surface area contributed by atoms with Crippen molar-refractivity contribution in [2.24, 2.45) is 5.92 Å². The molecule has 7 heteroatoms. The van der Waals surface area contributed by atoms with Crippen molar-refractivity contribution in [2.45, 2.75) is 59.0 Å². The number of nitrogens with one attached hydrogen (secondary N) is 2. The minimum atomic E-state index is -0.392. The van der Waals surface area contributed by atoms with Gasteiger partial charge in [0, 0.05) is 30.0 Å². The van der Waals surface area contributed by atoms with Gasteiger partial charge >= 0.3 is 0 Å². The average molecular weight is 461 g/mol. The summed E-state index contributed by atoms with van der Waals surface area (Å²) in [6.45, 7) is 9.08. The summed E-state index contributed by atoms with van der Waals surface area (Å²) in [5.41, 5.74) is 3.57. The number of carbonyl (C=O) groups excluding carboxylic acids is 2. The Hall–Kier alpha value is -2.15. The van der Waals surface area contributed by atoms with Crippen LogP contribution >= 0.6 is 15.9 Å². The van der Waals surface area contributed by atoms with Crippen molar-refractivity contribution in [1.29, 1.82) is 0 Å². The topological polar surface area (TPSA) is 76.0 Å². The van der Waals surface area contributed by atoms with Crippen molar-refractivity contribution in [3.63, 3.8) is 0 Å². The quantitative estimate of drug-likeness (QED) is 0.693. The summed E-state index contributed by atoms with van der Waals surface area (Å²) in [7, 11) is 0. The molecule has 1 unspecified atom stereocenters. The first-order valence-electron chi connectivity index (χ1n) is 10.0. The Morgan fingerprint density at radius 2 is 2.10 bits per heavy atom. The van der Waals surface area contributed by atoms with E-state index in [-0.39, 0.29) is 11.8 Å². The third kappa shape index (κ3) is 5.47. The zero-order valence-corrected chi connectivity index (χ0v) is 19.1. The van der Waals surface area contributed by atoms with E-state index >= 15 is 0 Å². The first-order valence-corrected chi connectivity index (χ1v) is 10.8. The average Bonchev–Trinajstić information content (AvgIpc) is 3.05. The van der Waals surface area contributed by atoms with Gasteiger partial charge in [-0.25, -0.2) is 0 Å². The number of carbonyl (C=O) groups is 2. The SMILES string of the molecule is CC(=O)NCC1CCn2ncc(C(=O)NC(C)(C)Cc3ccc(Br)c(C)c3)c2C1. The third-order valence-electron chi connectivity index (χ3n) is 5.38. The zero-order valence-electron chi connectivity index (χ0n) is 17.5. The van der Waals surface area contributed by atoms with Crippen LogP contribution in [0, 0.1) is 12.8 Å². The highest BCUT2D eigenvalue weighted by Gasteiger charge is 2.28. The minimum Gasteiger partial charge on any atom is -0.356 e. The Balaban J connectivity index is 1.68. The highest BCUT2D eigenvalue weighted by Crippen LogP contribution is 2.24. The standard InChI is InChI=1S/C22H29BrN4O2/c1-14-9-16(5-6-19(14)23)11-22(3,4)26-21(29)18-13-25-27-8-7-17(10-20(18)27)12-24-15(2)28/h5-6,9,13,17H,7-8,10-12H2,1-4H3,(H,24,28)(H,26,29). The highest BCUT2D eigenvalue weighted by molar-refractivity contribution is 9.10. The number of hydrogen-bond donors (Lipinski definition) is 2. The highest BCUT2D eigenvalue weighted by atomic mass is 79.9. The summed E-state index contributed by atoms with van der Waals surface area (Å²) in [4.78, 5) is 24.2. The third-order valence-corrected chi connectivity index (χ3v) is 6.27. The number of nitrogens with zero attached hydrogens (tertiary/aromatic N) is 2. The Morgan fingerprint density at radius 3 is 2.79 bits per heavy atom. The van der Waals surface area contributed by atoms with Gasteiger partial charge in [0.05, 0.1) is 17.5 Å². The van der Waals surface area contributed by atoms with Crippen molar-refractivity contribution < 1.29 is 9.59 Å². The van der Waals surface area contributed by atoms with Crippen LogP contribution in [0.25, 0.3) is 0 Å². The maximum absolute atomic E-state index is 13.0. The fourth-order valence-corrected chi connectivity index (χ4v) is 4.14. The smallest absolute Gasteiger partial charge is 0.255 e. The van der Waals surface area contributed by atoms with Crippen LogP contribution in [-0.4, -0.2) is 33.7 Å². The lowest BCUT2D eigenvalue weighted by molar-refractivity contribution is -0.119. The molecule has 0 saturated heterocycles. The van der Waals surface area contributed by atoms with E-state index in [0.717, 1.165) is 36.0 Å². The molecule has 2 heterocycles. The van der Waals surface area contributed by atoms with Gasteiger partial charge in [-0.1, -0.05) is 28.1 Å². The minimum absolute atomic E-state index is 0.0213. The summed E-state index contributed by atoms with van der Waals surface area (Å²) in [5.74, 6) is 0.214. The molecule has 1 aliphatic heterocycles. The fraction of sp³-hybridized carbons (Fsp3) is 0.500. The van der Waals surface area contributed by atoms with Crippen LogP contribution in [0.2, 0.25) is 0 Å². The predicted octanol–water partition coefficient (Wildman–Crippen LogP) is 3.40. The molecule has 1 aliphatic rings. The summed E-state index contributed by atoms with van der Waals surface area (Å²) in [5, 5.41) is 10.5. The second kappa shape index (κ2) is 8.69. The normalized spacial score (nSPS) is 16.2. The molecule has 0 saturated carbocycles. The van der Waals surface area contributed by atoms with Crippen molar-refractivity contribution in [2.75, 3.05) is 6.54 Å². The molecule has 0 aliphatic carbocycles. The summed E-state index contributed by atoms with van der Waals surface area (Å²) in [6.07, 6.45) is 4.10. The van der Waals surface area contributed by atoms with Crippen LogP contribution in [0.1, 0.15) is 54.4 Å². The van der Waals surface area contributed by atoms with Crippen molar-refractivity contribution >= 4 is 27.7 Å². The van der Waals surface area contributed by atoms with E-state index in [9.17, 15) is 9.59 Å². The summed E-state index contributed by atoms with van der Waals surface area (Å²) < 4.78 is 3.01. The lowest BCUT2D eigenvalue weighted by Crippen LogP contribution is -2.45. The molecular formula is C22H29BrN4O2. The number of aromatic nitrogens is 2. The number of aryl methyl sites for hydroxylation is 2. The van der Waals surface area contributed by atoms with E-state index in [0.29, 0.717) is 18.0 Å². The largest absolute Gasteiger partial charge is 0.356 e. The Morgan fingerprint density at radius 1 is 1.34 bits per heavy atom. The maximum Gasteiger partial charge on any atom is 0.255 e. The predicted molar refractivity (Wildman–Crippen MR) is 117 cm³/mol. The molecule has 0 spiro atoms. The number of amides is 2. The van der Waals surface area contributed by atoms with Crippen LogP contribution in [0.15, 0.2) is 28.9 Å². The molecule has 2 N–H and O–H groups in total. The van der Waals surface area contributed by atoms with E-state index in [1.54, 1.807) is 6.20 Å². The number of rotatable bonds is 6. The molecule has 156 valence electrons. The van der Waals surface area contributed by atoms with Crippen LogP contribution in [-0.2, 0) is 24.2 Å². The van der Waals surface area contributed by atoms with Crippen molar-refractivity contribution in [3.05, 3.63) is 51.3 Å². The number of hydrogen-bond acceptors (Lipinski definition) is 3. The molecule has 2 aromatic rings. The zero-order chi connectivity index (χ0) is 21.2. The molecule has 6 nitrogen and oxygen atoms in total. The molecule has 2 amide bonds. The van der Waals surface area contributed by atoms with Crippen LogP contribution < -0.4 is 10.6 Å². The first kappa shape index (κ1) is 21.6. The molecule has 1 aromatic carbocycles. The Bertz CT molecular complexity index is 920. The first-order chi connectivity index (χ1) is 13.6. The number of fused-ring (bicyclic) bond motifs is 1. The van der Waals surface area contributed by atoms with Crippen LogP contribution in [0.3, 0.4) is 0 Å². The van der Waals surface area contributed by atoms with Crippen molar-refractivity contribution in [3.8, 4) is 0 Å². The van der Waals surface area contributed by atoms with E-state index < -0.39 is 5.54 Å². The molecule has 0 bridgehead atoms. The van der Waals surface area contributed by atoms with Gasteiger partial charge in [0.15, 0.2) is 0 Å².